The van der Waals surface area contributed by atoms with E-state index in [0.717, 1.165) is 38.6 Å². The highest BCUT2D eigenvalue weighted by Crippen LogP contribution is 2.26. The van der Waals surface area contributed by atoms with E-state index in [1.54, 1.807) is 6.92 Å². The normalized spacial score (nSPS) is 18.4. The molecule has 0 saturated heterocycles. The number of hydrogen-bond donors (Lipinski definition) is 0. The van der Waals surface area contributed by atoms with Crippen LogP contribution in [-0.4, -0.2) is 25.1 Å². The van der Waals surface area contributed by atoms with Crippen molar-refractivity contribution < 1.29 is 4.79 Å². The molecule has 0 unspecified atom stereocenters. The first-order valence-electron chi connectivity index (χ1n) is 8.41. The van der Waals surface area contributed by atoms with Gasteiger partial charge in [0.1, 0.15) is 5.78 Å². The van der Waals surface area contributed by atoms with E-state index in [4.69, 9.17) is 5.10 Å². The molecule has 0 aromatic heterocycles. The quantitative estimate of drug-likeness (QED) is 0.587. The molecule has 1 saturated carbocycles. The fraction of sp³-hybridized carbons (Fsp3) is 0.556. The molecular weight excluding hydrogens is 288 g/mol. The van der Waals surface area contributed by atoms with Gasteiger partial charge in [0.2, 0.25) is 0 Å². The molecule has 0 spiro atoms. The Bertz CT molecular complexity index is 503. The van der Waals surface area contributed by atoms with E-state index in [2.05, 4.69) is 48.1 Å². The summed E-state index contributed by atoms with van der Waals surface area (Å²) in [6, 6.07) is 10.6. The molecule has 1 aliphatic rings. The predicted molar refractivity (Wildman–Crippen MR) is 95.6 cm³/mol. The minimum absolute atomic E-state index is 0.325. The van der Waals surface area contributed by atoms with Gasteiger partial charge in [-0.2, -0.15) is 5.10 Å². The van der Waals surface area contributed by atoms with Crippen molar-refractivity contribution in [2.24, 2.45) is 11.0 Å². The van der Waals surface area contributed by atoms with Crippen LogP contribution in [0.25, 0.3) is 0 Å². The molecule has 0 N–H and O–H groups in total. The lowest BCUT2D eigenvalue weighted by atomic mass is 9.85. The molecule has 0 heterocycles. The van der Waals surface area contributed by atoms with E-state index in [-0.39, 0.29) is 0 Å². The van der Waals surface area contributed by atoms with E-state index < -0.39 is 8.96 Å². The third kappa shape index (κ3) is 5.41. The Labute approximate surface area is 136 Å². The van der Waals surface area contributed by atoms with E-state index in [1.165, 1.54) is 11.3 Å². The van der Waals surface area contributed by atoms with Gasteiger partial charge in [0.15, 0.2) is 8.96 Å². The van der Waals surface area contributed by atoms with Gasteiger partial charge >= 0.3 is 0 Å². The van der Waals surface area contributed by atoms with Crippen molar-refractivity contribution in [1.29, 1.82) is 0 Å². The van der Waals surface area contributed by atoms with Gasteiger partial charge in [-0.05, 0) is 44.1 Å². The summed E-state index contributed by atoms with van der Waals surface area (Å²) in [6.07, 6.45) is 5.11. The molecule has 1 aromatic rings. The fourth-order valence-electron chi connectivity index (χ4n) is 3.01. The Kier molecular flexibility index (Phi) is 6.37. The van der Waals surface area contributed by atoms with Crippen LogP contribution in [0.3, 0.4) is 0 Å². The number of ketones is 1. The Hall–Kier alpha value is -1.42. The topological polar surface area (TPSA) is 32.7 Å². The lowest BCUT2D eigenvalue weighted by Gasteiger charge is -2.28. The number of benzene rings is 1. The van der Waals surface area contributed by atoms with Crippen molar-refractivity contribution >= 4 is 20.5 Å². The van der Waals surface area contributed by atoms with E-state index in [0.29, 0.717) is 11.7 Å². The van der Waals surface area contributed by atoms with Gasteiger partial charge in [-0.1, -0.05) is 43.4 Å². The number of hydrogen-bond acceptors (Lipinski definition) is 3. The Balaban J connectivity index is 1.95. The SMILES string of the molecule is CC(=O)CC1CCC(=NN(Cc2ccccc2)[SiH](C)C)CC1. The van der Waals surface area contributed by atoms with Gasteiger partial charge in [0.25, 0.3) is 0 Å². The monoisotopic (exact) mass is 316 g/mol. The summed E-state index contributed by atoms with van der Waals surface area (Å²) in [5, 5.41) is 4.97. The van der Waals surface area contributed by atoms with Crippen LogP contribution in [0.15, 0.2) is 35.4 Å². The van der Waals surface area contributed by atoms with Crippen LogP contribution in [-0.2, 0) is 11.3 Å². The van der Waals surface area contributed by atoms with E-state index in [1.807, 2.05) is 0 Å². The fourth-order valence-corrected chi connectivity index (χ4v) is 3.98. The smallest absolute Gasteiger partial charge is 0.157 e. The molecule has 0 aliphatic heterocycles. The maximum atomic E-state index is 11.2. The third-order valence-electron chi connectivity index (χ3n) is 4.31. The number of hydrazone groups is 1. The summed E-state index contributed by atoms with van der Waals surface area (Å²) >= 11 is 0. The summed E-state index contributed by atoms with van der Waals surface area (Å²) in [4.78, 5) is 11.2. The lowest BCUT2D eigenvalue weighted by molar-refractivity contribution is -0.118. The number of nitrogens with zero attached hydrogens (tertiary/aromatic N) is 2. The van der Waals surface area contributed by atoms with Crippen LogP contribution in [0, 0.1) is 5.92 Å². The van der Waals surface area contributed by atoms with Gasteiger partial charge in [0.05, 0.1) is 6.54 Å². The second-order valence-corrected chi connectivity index (χ2v) is 9.48. The van der Waals surface area contributed by atoms with Gasteiger partial charge in [-0.15, -0.1) is 0 Å². The third-order valence-corrected chi connectivity index (χ3v) is 5.80. The number of carbonyl (C=O) groups excluding carboxylic acids is 1. The highest BCUT2D eigenvalue weighted by Gasteiger charge is 2.20. The van der Waals surface area contributed by atoms with E-state index >= 15 is 0 Å². The number of Topliss-reactive ketones (excluding diaryl/α,β-unsaturated/α-hetero) is 1. The van der Waals surface area contributed by atoms with Crippen LogP contribution in [0.4, 0.5) is 0 Å². The molecule has 0 amide bonds. The Morgan fingerprint density at radius 1 is 1.23 bits per heavy atom. The lowest BCUT2D eigenvalue weighted by Crippen LogP contribution is -2.31. The Morgan fingerprint density at radius 3 is 2.41 bits per heavy atom. The van der Waals surface area contributed by atoms with Crippen LogP contribution in [0.5, 0.6) is 0 Å². The highest BCUT2D eigenvalue weighted by molar-refractivity contribution is 6.52. The van der Waals surface area contributed by atoms with Crippen molar-refractivity contribution in [3.8, 4) is 0 Å². The molecule has 120 valence electrons. The summed E-state index contributed by atoms with van der Waals surface area (Å²) in [5.74, 6) is 0.904. The number of carbonyl (C=O) groups is 1. The summed E-state index contributed by atoms with van der Waals surface area (Å²) < 4.78 is 2.33. The van der Waals surface area contributed by atoms with Crippen molar-refractivity contribution in [2.45, 2.75) is 58.7 Å². The maximum absolute atomic E-state index is 11.2. The summed E-state index contributed by atoms with van der Waals surface area (Å²) in [5.41, 5.74) is 2.66. The molecule has 22 heavy (non-hydrogen) atoms. The highest BCUT2D eigenvalue weighted by atomic mass is 28.3. The standard InChI is InChI=1S/C18H28N2OSi/c1-15(21)13-16-9-11-18(12-10-16)19-20(22(2)3)14-17-7-5-4-6-8-17/h4-8,16,22H,9-14H2,1-3H3. The van der Waals surface area contributed by atoms with Crippen LogP contribution in [0.2, 0.25) is 13.1 Å². The van der Waals surface area contributed by atoms with E-state index in [9.17, 15) is 4.79 Å². The zero-order valence-corrected chi connectivity index (χ0v) is 15.2. The van der Waals surface area contributed by atoms with Crippen molar-refractivity contribution in [3.63, 3.8) is 0 Å². The minimum atomic E-state index is -0.974. The predicted octanol–water partition coefficient (Wildman–Crippen LogP) is 4.00. The summed E-state index contributed by atoms with van der Waals surface area (Å²) in [7, 11) is -0.974. The second kappa shape index (κ2) is 8.27. The Morgan fingerprint density at radius 2 is 1.86 bits per heavy atom. The molecule has 0 atom stereocenters. The summed E-state index contributed by atoms with van der Waals surface area (Å²) in [6.45, 7) is 7.28. The minimum Gasteiger partial charge on any atom is -0.324 e. The van der Waals surface area contributed by atoms with Gasteiger partial charge in [-0.3, -0.25) is 0 Å². The molecular formula is C18H28N2OSi. The second-order valence-electron chi connectivity index (χ2n) is 6.69. The maximum Gasteiger partial charge on any atom is 0.157 e. The van der Waals surface area contributed by atoms with Crippen LogP contribution >= 0.6 is 0 Å². The van der Waals surface area contributed by atoms with Gasteiger partial charge < -0.3 is 9.47 Å². The molecule has 0 bridgehead atoms. The number of rotatable bonds is 6. The first kappa shape index (κ1) is 16.9. The average molecular weight is 317 g/mol. The zero-order chi connectivity index (χ0) is 15.9. The largest absolute Gasteiger partial charge is 0.324 e. The first-order valence-corrected chi connectivity index (χ1v) is 11.2. The zero-order valence-electron chi connectivity index (χ0n) is 14.1. The van der Waals surface area contributed by atoms with Crippen molar-refractivity contribution in [2.75, 3.05) is 0 Å². The van der Waals surface area contributed by atoms with Gasteiger partial charge in [0, 0.05) is 12.1 Å². The van der Waals surface area contributed by atoms with Crippen LogP contribution < -0.4 is 0 Å². The molecule has 0 radical (unpaired) electrons. The molecule has 1 aromatic carbocycles. The molecule has 4 heteroatoms. The van der Waals surface area contributed by atoms with Crippen LogP contribution in [0.1, 0.15) is 44.6 Å². The van der Waals surface area contributed by atoms with Crippen molar-refractivity contribution in [3.05, 3.63) is 35.9 Å². The average Bonchev–Trinajstić information content (AvgIpc) is 2.49. The molecule has 1 fully saturated rings. The van der Waals surface area contributed by atoms with Crippen molar-refractivity contribution in [1.82, 2.24) is 4.67 Å². The first-order chi connectivity index (χ1) is 10.5. The molecule has 3 nitrogen and oxygen atoms in total. The van der Waals surface area contributed by atoms with Gasteiger partial charge in [-0.25, -0.2) is 0 Å². The molecule has 1 aliphatic carbocycles. The molecule has 2 rings (SSSR count).